The molecule has 1 aliphatic heterocycles. The summed E-state index contributed by atoms with van der Waals surface area (Å²) in [6.45, 7) is 3.14. The van der Waals surface area contributed by atoms with Gasteiger partial charge in [0.05, 0.1) is 23.2 Å². The first kappa shape index (κ1) is 20.8. The third kappa shape index (κ3) is 4.43. The van der Waals surface area contributed by atoms with Crippen LogP contribution in [0.4, 0.5) is 0 Å². The van der Waals surface area contributed by atoms with Crippen molar-refractivity contribution in [2.24, 2.45) is 0 Å². The van der Waals surface area contributed by atoms with Crippen LogP contribution in [0.2, 0.25) is 0 Å². The largest absolute Gasteiger partial charge is 0.296 e. The second-order valence-electron chi connectivity index (χ2n) is 8.05. The van der Waals surface area contributed by atoms with E-state index in [1.165, 1.54) is 0 Å². The summed E-state index contributed by atoms with van der Waals surface area (Å²) in [4.78, 5) is 6.67. The predicted octanol–water partition coefficient (Wildman–Crippen LogP) is 3.07. The molecule has 0 bridgehead atoms. The third-order valence-electron chi connectivity index (χ3n) is 5.84. The van der Waals surface area contributed by atoms with Gasteiger partial charge < -0.3 is 0 Å². The van der Waals surface area contributed by atoms with E-state index < -0.39 is 10.0 Å². The molecule has 0 saturated carbocycles. The van der Waals surface area contributed by atoms with Crippen LogP contribution in [0.1, 0.15) is 11.1 Å². The number of hydrogen-bond acceptors (Lipinski definition) is 5. The summed E-state index contributed by atoms with van der Waals surface area (Å²) < 4.78 is 29.7. The molecule has 8 heteroatoms. The number of nitrogens with zero attached hydrogens (tertiary/aromatic N) is 5. The van der Waals surface area contributed by atoms with Gasteiger partial charge in [-0.05, 0) is 23.8 Å². The van der Waals surface area contributed by atoms with E-state index >= 15 is 0 Å². The summed E-state index contributed by atoms with van der Waals surface area (Å²) in [6.07, 6.45) is 5.62. The smallest absolute Gasteiger partial charge is 0.218 e. The Bertz CT molecular complexity index is 1310. The molecular formula is C24H25N5O2S. The molecular weight excluding hydrogens is 422 g/mol. The first-order valence-electron chi connectivity index (χ1n) is 10.7. The first-order valence-corrected chi connectivity index (χ1v) is 12.3. The molecule has 0 unspecified atom stereocenters. The number of para-hydroxylation sites is 2. The molecule has 164 valence electrons. The Morgan fingerprint density at radius 3 is 2.47 bits per heavy atom. The lowest BCUT2D eigenvalue weighted by atomic mass is 10.1. The second-order valence-corrected chi connectivity index (χ2v) is 10.0. The van der Waals surface area contributed by atoms with E-state index in [2.05, 4.69) is 15.0 Å². The van der Waals surface area contributed by atoms with E-state index in [1.54, 1.807) is 10.5 Å². The molecule has 0 amide bonds. The van der Waals surface area contributed by atoms with Crippen LogP contribution in [0.5, 0.6) is 0 Å². The van der Waals surface area contributed by atoms with E-state index in [0.29, 0.717) is 26.2 Å². The van der Waals surface area contributed by atoms with Crippen LogP contribution >= 0.6 is 0 Å². The molecule has 32 heavy (non-hydrogen) atoms. The van der Waals surface area contributed by atoms with Gasteiger partial charge >= 0.3 is 0 Å². The summed E-state index contributed by atoms with van der Waals surface area (Å²) in [5, 5.41) is 5.41. The highest BCUT2D eigenvalue weighted by Gasteiger charge is 2.28. The van der Waals surface area contributed by atoms with Crippen LogP contribution in [0.25, 0.3) is 16.6 Å². The number of aromatic nitrogens is 3. The van der Waals surface area contributed by atoms with Gasteiger partial charge in [0.15, 0.2) is 0 Å². The minimum Gasteiger partial charge on any atom is -0.296 e. The molecule has 0 atom stereocenters. The SMILES string of the molecule is O=S(=O)(Cc1cccc2cccnc12)N1CCN(Cc2cnn(-c3ccccc3)c2)CC1. The Morgan fingerprint density at radius 2 is 1.66 bits per heavy atom. The molecule has 0 spiro atoms. The third-order valence-corrected chi connectivity index (χ3v) is 7.67. The average Bonchev–Trinajstić information content (AvgIpc) is 3.29. The standard InChI is InChI=1S/C24H25N5O2S/c30-32(31,19-22-7-4-6-21-8-5-11-25-24(21)22)28-14-12-27(13-15-28)17-20-16-26-29(18-20)23-9-2-1-3-10-23/h1-11,16,18H,12-15,17,19H2. The van der Waals surface area contributed by atoms with Crippen molar-refractivity contribution in [2.75, 3.05) is 26.2 Å². The van der Waals surface area contributed by atoms with Crippen LogP contribution in [0.3, 0.4) is 0 Å². The van der Waals surface area contributed by atoms with Crippen molar-refractivity contribution in [3.8, 4) is 5.69 Å². The Hall–Kier alpha value is -3.07. The lowest BCUT2D eigenvalue weighted by molar-refractivity contribution is 0.181. The molecule has 7 nitrogen and oxygen atoms in total. The van der Waals surface area contributed by atoms with Crippen molar-refractivity contribution >= 4 is 20.9 Å². The lowest BCUT2D eigenvalue weighted by Crippen LogP contribution is -2.48. The molecule has 1 saturated heterocycles. The summed E-state index contributed by atoms with van der Waals surface area (Å²) in [5.41, 5.74) is 3.65. The predicted molar refractivity (Wildman–Crippen MR) is 125 cm³/mol. The maximum atomic E-state index is 13.1. The highest BCUT2D eigenvalue weighted by molar-refractivity contribution is 7.88. The number of rotatable bonds is 6. The molecule has 1 fully saturated rings. The van der Waals surface area contributed by atoms with E-state index in [0.717, 1.165) is 34.3 Å². The normalized spacial score (nSPS) is 15.9. The molecule has 0 radical (unpaired) electrons. The Labute approximate surface area is 188 Å². The van der Waals surface area contributed by atoms with Crippen molar-refractivity contribution in [3.63, 3.8) is 0 Å². The van der Waals surface area contributed by atoms with Crippen molar-refractivity contribution in [1.29, 1.82) is 0 Å². The quantitative estimate of drug-likeness (QED) is 0.454. The van der Waals surface area contributed by atoms with Crippen LogP contribution in [-0.4, -0.2) is 58.6 Å². The minimum atomic E-state index is -3.41. The zero-order valence-electron chi connectivity index (χ0n) is 17.7. The number of piperazine rings is 1. The second kappa shape index (κ2) is 8.82. The fourth-order valence-corrected chi connectivity index (χ4v) is 5.69. The monoisotopic (exact) mass is 447 g/mol. The summed E-state index contributed by atoms with van der Waals surface area (Å²) >= 11 is 0. The zero-order chi connectivity index (χ0) is 22.0. The number of sulfonamides is 1. The molecule has 2 aromatic heterocycles. The van der Waals surface area contributed by atoms with E-state index in [-0.39, 0.29) is 5.75 Å². The molecule has 5 rings (SSSR count). The van der Waals surface area contributed by atoms with E-state index in [4.69, 9.17) is 0 Å². The number of hydrogen-bond donors (Lipinski definition) is 0. The molecule has 2 aromatic carbocycles. The molecule has 0 aliphatic carbocycles. The van der Waals surface area contributed by atoms with Gasteiger partial charge in [0, 0.05) is 56.1 Å². The van der Waals surface area contributed by atoms with Gasteiger partial charge in [-0.25, -0.2) is 13.1 Å². The maximum Gasteiger partial charge on any atom is 0.218 e. The topological polar surface area (TPSA) is 71.3 Å². The summed E-state index contributed by atoms with van der Waals surface area (Å²) in [7, 11) is -3.41. The number of pyridine rings is 1. The van der Waals surface area contributed by atoms with Gasteiger partial charge in [0.1, 0.15) is 0 Å². The highest BCUT2D eigenvalue weighted by Crippen LogP contribution is 2.21. The fraction of sp³-hybridized carbons (Fsp3) is 0.250. The number of benzene rings is 2. The number of fused-ring (bicyclic) bond motifs is 1. The molecule has 0 N–H and O–H groups in total. The summed E-state index contributed by atoms with van der Waals surface area (Å²) in [6, 6.07) is 19.5. The van der Waals surface area contributed by atoms with Crippen molar-refractivity contribution in [3.05, 3.63) is 90.4 Å². The van der Waals surface area contributed by atoms with Crippen molar-refractivity contribution in [1.82, 2.24) is 24.0 Å². The van der Waals surface area contributed by atoms with Gasteiger partial charge in [-0.1, -0.05) is 42.5 Å². The molecule has 3 heterocycles. The molecule has 4 aromatic rings. The van der Waals surface area contributed by atoms with Gasteiger partial charge in [0.2, 0.25) is 10.0 Å². The van der Waals surface area contributed by atoms with E-state index in [9.17, 15) is 8.42 Å². The lowest BCUT2D eigenvalue weighted by Gasteiger charge is -2.33. The highest BCUT2D eigenvalue weighted by atomic mass is 32.2. The Balaban J connectivity index is 1.21. The Morgan fingerprint density at radius 1 is 0.875 bits per heavy atom. The zero-order valence-corrected chi connectivity index (χ0v) is 18.5. The molecule has 1 aliphatic rings. The van der Waals surface area contributed by atoms with Crippen molar-refractivity contribution < 1.29 is 8.42 Å². The van der Waals surface area contributed by atoms with Crippen LogP contribution < -0.4 is 0 Å². The van der Waals surface area contributed by atoms with Crippen LogP contribution in [-0.2, 0) is 22.3 Å². The van der Waals surface area contributed by atoms with Crippen LogP contribution in [0, 0.1) is 0 Å². The van der Waals surface area contributed by atoms with Gasteiger partial charge in [-0.15, -0.1) is 0 Å². The van der Waals surface area contributed by atoms with E-state index in [1.807, 2.05) is 77.7 Å². The van der Waals surface area contributed by atoms with Gasteiger partial charge in [-0.2, -0.15) is 9.40 Å². The van der Waals surface area contributed by atoms with Gasteiger partial charge in [-0.3, -0.25) is 9.88 Å². The first-order chi connectivity index (χ1) is 15.6. The van der Waals surface area contributed by atoms with Crippen molar-refractivity contribution in [2.45, 2.75) is 12.3 Å². The average molecular weight is 448 g/mol. The minimum absolute atomic E-state index is 0.0226. The Kier molecular flexibility index (Phi) is 5.73. The van der Waals surface area contributed by atoms with Gasteiger partial charge in [0.25, 0.3) is 0 Å². The fourth-order valence-electron chi connectivity index (χ4n) is 4.16. The summed E-state index contributed by atoms with van der Waals surface area (Å²) in [5.74, 6) is -0.0226. The van der Waals surface area contributed by atoms with Crippen LogP contribution in [0.15, 0.2) is 79.3 Å². The maximum absolute atomic E-state index is 13.1.